The van der Waals surface area contributed by atoms with Crippen molar-refractivity contribution in [1.82, 2.24) is 74.1 Å². The molecule has 13 amide bonds. The molecule has 0 aliphatic carbocycles. The van der Waals surface area contributed by atoms with Gasteiger partial charge in [0, 0.05) is 55.7 Å². The van der Waals surface area contributed by atoms with Crippen LogP contribution in [-0.4, -0.2) is 200 Å². The Bertz CT molecular complexity index is 3290. The highest BCUT2D eigenvalue weighted by atomic mass is 32.1. The van der Waals surface area contributed by atoms with Crippen molar-refractivity contribution in [2.24, 2.45) is 49.9 Å². The number of nitrogens with two attached hydrogens (primary N) is 4. The zero-order valence-electron chi connectivity index (χ0n) is 57.5. The molecular weight excluding hydrogens is 1330 g/mol. The third-order valence-corrected chi connectivity index (χ3v) is 16.3. The van der Waals surface area contributed by atoms with E-state index in [1.165, 1.54) is 24.5 Å². The summed E-state index contributed by atoms with van der Waals surface area (Å²) >= 11 is 4.42. The van der Waals surface area contributed by atoms with Crippen LogP contribution in [0.2, 0.25) is 0 Å². The number of carbonyl (C=O) groups is 14. The molecule has 22 N–H and O–H groups in total. The average molecular weight is 1430 g/mol. The number of aromatic nitrogens is 1. The maximum Gasteiger partial charge on any atom is 0.253 e. The molecule has 2 fully saturated rings. The predicted molar refractivity (Wildman–Crippen MR) is 375 cm³/mol. The molecule has 2 saturated heterocycles. The lowest BCUT2D eigenvalue weighted by Gasteiger charge is -2.27. The minimum Gasteiger partial charge on any atom is -0.370 e. The molecule has 0 spiro atoms. The van der Waals surface area contributed by atoms with Crippen LogP contribution >= 0.6 is 12.6 Å². The van der Waals surface area contributed by atoms with Gasteiger partial charge in [-0.2, -0.15) is 5.10 Å². The summed E-state index contributed by atoms with van der Waals surface area (Å²) in [7, 11) is 0. The summed E-state index contributed by atoms with van der Waals surface area (Å²) in [4.78, 5) is 202. The van der Waals surface area contributed by atoms with E-state index in [1.807, 2.05) is 12.1 Å². The maximum absolute atomic E-state index is 14.1. The van der Waals surface area contributed by atoms with Gasteiger partial charge in [-0.1, -0.05) is 52.8 Å². The van der Waals surface area contributed by atoms with Crippen LogP contribution in [0.3, 0.4) is 0 Å². The lowest BCUT2D eigenvalue weighted by Crippen LogP contribution is -2.58. The summed E-state index contributed by atoms with van der Waals surface area (Å²) in [5, 5.41) is 38.2. The second-order valence-corrected chi connectivity index (χ2v) is 25.1. The third kappa shape index (κ3) is 30.3. The molecule has 9 atom stereocenters. The number of rotatable bonds is 32. The molecule has 1 aromatic carbocycles. The second kappa shape index (κ2) is 43.8. The normalized spacial score (nSPS) is 21.0. The van der Waals surface area contributed by atoms with Gasteiger partial charge in [-0.25, -0.2) is 4.98 Å². The van der Waals surface area contributed by atoms with Crippen LogP contribution in [0.25, 0.3) is 0 Å². The van der Waals surface area contributed by atoms with Crippen LogP contribution in [0, 0.1) is 11.8 Å². The van der Waals surface area contributed by atoms with Crippen LogP contribution < -0.4 is 97.5 Å². The number of hydrazone groups is 1. The van der Waals surface area contributed by atoms with Crippen molar-refractivity contribution >= 4 is 120 Å². The van der Waals surface area contributed by atoms with Gasteiger partial charge in [-0.3, -0.25) is 77.7 Å². The smallest absolute Gasteiger partial charge is 0.253 e. The van der Waals surface area contributed by atoms with Gasteiger partial charge in [-0.05, 0) is 107 Å². The highest BCUT2D eigenvalue weighted by molar-refractivity contribution is 7.80. The van der Waals surface area contributed by atoms with Gasteiger partial charge >= 0.3 is 0 Å². The van der Waals surface area contributed by atoms with Crippen molar-refractivity contribution in [3.05, 3.63) is 53.7 Å². The molecule has 1 aromatic heterocycles. The van der Waals surface area contributed by atoms with E-state index in [0.717, 1.165) is 5.56 Å². The molecule has 2 aliphatic heterocycles. The van der Waals surface area contributed by atoms with Gasteiger partial charge < -0.3 is 96.8 Å². The van der Waals surface area contributed by atoms with Crippen LogP contribution in [-0.2, 0) is 62.3 Å². The largest absolute Gasteiger partial charge is 0.370 e. The van der Waals surface area contributed by atoms with Crippen molar-refractivity contribution in [3.63, 3.8) is 0 Å². The standard InChI is InChI=1S/C64H98N22O14S/c1-6-39-54(92)74-33-49(89)77-40(18-13-28-71-63(65)66)59(97)84-51(35(2)3)61(99)82-42(57(95)79-39)17-10-12-27-70-55(93)44(80-53(91)38-21-23-47(73-31-38)86-76-32-37-15-7-8-20-46(37)101)22-24-48(88)69-26-11-9-16-43-58(96)81-45(25-30-87)56(94)75-34-50(90)78-41(19-14-29-72-64(67)68)60(98)85-52(36(4)5)62(100)83-43/h7-8,15,20-21,23,30-32,35-36,39-45,51-52,101H,6,9-14,16-19,22,24-29,33-34H2,1-5H3,(H,69,88)(H,70,93)(H,73,86)(H,74,92)(H,75,94)(H,77,89)(H,78,90)(H,79,95)(H,80,91)(H,81,96)(H,82,99)(H,83,100)(H,84,97)(H,85,98)(H4,65,66,71)(H4,67,68,72)/t39-,40-,41-,42?,43-,44?,45-,51+,52+/m1/s1. The topological polar surface area (TPSA) is 561 Å². The molecule has 0 radical (unpaired) electrons. The highest BCUT2D eigenvalue weighted by Crippen LogP contribution is 2.15. The zero-order valence-corrected chi connectivity index (χ0v) is 58.3. The number of nitrogens with zero attached hydrogens (tertiary/aromatic N) is 4. The first kappa shape index (κ1) is 82.9. The van der Waals surface area contributed by atoms with Crippen LogP contribution in [0.15, 0.2) is 62.6 Å². The average Bonchev–Trinajstić information content (AvgIpc) is 1.79. The molecule has 3 heterocycles. The molecule has 101 heavy (non-hydrogen) atoms. The number of amides is 13. The van der Waals surface area contributed by atoms with Crippen molar-refractivity contribution in [1.29, 1.82) is 0 Å². The van der Waals surface area contributed by atoms with E-state index >= 15 is 0 Å². The summed E-state index contributed by atoms with van der Waals surface area (Å²) in [5.74, 6) is -10.8. The molecule has 2 unspecified atom stereocenters. The minimum atomic E-state index is -1.46. The van der Waals surface area contributed by atoms with E-state index in [2.05, 4.69) is 107 Å². The number of benzene rings is 1. The Morgan fingerprint density at radius 3 is 1.54 bits per heavy atom. The first-order valence-corrected chi connectivity index (χ1v) is 33.9. The van der Waals surface area contributed by atoms with Gasteiger partial charge in [-0.15, -0.1) is 12.6 Å². The van der Waals surface area contributed by atoms with E-state index in [-0.39, 0.29) is 133 Å². The molecule has 36 nitrogen and oxygen atoms in total. The number of unbranched alkanes of at least 4 members (excludes halogenated alkanes) is 2. The van der Waals surface area contributed by atoms with Gasteiger partial charge in [0.05, 0.1) is 24.9 Å². The fraction of sp³-hybridized carbons (Fsp3) is 0.562. The molecule has 2 aliphatic rings. The number of hydrogen-bond donors (Lipinski definition) is 19. The van der Waals surface area contributed by atoms with Gasteiger partial charge in [0.15, 0.2) is 11.9 Å². The second-order valence-electron chi connectivity index (χ2n) is 24.6. The number of carbonyl (C=O) groups excluding carboxylic acids is 14. The lowest BCUT2D eigenvalue weighted by atomic mass is 10.0. The minimum absolute atomic E-state index is 0.0221. The fourth-order valence-corrected chi connectivity index (χ4v) is 10.4. The Labute approximate surface area is 590 Å². The van der Waals surface area contributed by atoms with Crippen LogP contribution in [0.1, 0.15) is 140 Å². The highest BCUT2D eigenvalue weighted by Gasteiger charge is 2.36. The van der Waals surface area contributed by atoms with Crippen LogP contribution in [0.4, 0.5) is 5.82 Å². The van der Waals surface area contributed by atoms with Crippen molar-refractivity contribution in [2.45, 2.75) is 184 Å². The van der Waals surface area contributed by atoms with Crippen molar-refractivity contribution in [3.8, 4) is 0 Å². The van der Waals surface area contributed by atoms with E-state index in [1.54, 1.807) is 46.8 Å². The number of pyridine rings is 1. The van der Waals surface area contributed by atoms with Gasteiger partial charge in [0.25, 0.3) is 5.91 Å². The molecule has 2 aromatic rings. The number of guanidine groups is 2. The molecule has 0 bridgehead atoms. The summed E-state index contributed by atoms with van der Waals surface area (Å²) in [5.41, 5.74) is 25.3. The Morgan fingerprint density at radius 2 is 1.06 bits per heavy atom. The summed E-state index contributed by atoms with van der Waals surface area (Å²) in [6, 6.07) is -1.16. The van der Waals surface area contributed by atoms with E-state index in [9.17, 15) is 67.1 Å². The third-order valence-electron chi connectivity index (χ3n) is 15.9. The zero-order chi connectivity index (χ0) is 74.6. The number of hydrogen-bond acceptors (Lipinski definition) is 20. The molecule has 37 heteroatoms. The fourth-order valence-electron chi connectivity index (χ4n) is 10.2. The van der Waals surface area contributed by atoms with Crippen LogP contribution in [0.5, 0.6) is 0 Å². The Balaban J connectivity index is 1.48. The maximum atomic E-state index is 14.1. The summed E-state index contributed by atoms with van der Waals surface area (Å²) in [6.45, 7) is 7.32. The quantitative estimate of drug-likeness (QED) is 0.00825. The number of nitrogens with one attached hydrogen (secondary N) is 14. The van der Waals surface area contributed by atoms with E-state index < -0.39 is 163 Å². The monoisotopic (exact) mass is 1430 g/mol. The number of aliphatic imine (C=N–C) groups is 2. The van der Waals surface area contributed by atoms with Crippen molar-refractivity contribution < 1.29 is 67.1 Å². The molecule has 554 valence electrons. The lowest BCUT2D eigenvalue weighted by molar-refractivity contribution is -0.135. The first-order valence-electron chi connectivity index (χ1n) is 33.5. The Hall–Kier alpha value is -10.5. The van der Waals surface area contributed by atoms with E-state index in [0.29, 0.717) is 11.2 Å². The number of thiol groups is 1. The Kier molecular flexibility index (Phi) is 36.0. The van der Waals surface area contributed by atoms with Gasteiger partial charge in [0.2, 0.25) is 70.9 Å². The SMILES string of the molecule is CC[C@H]1NC(=O)C(CCCCNC(=O)C(CCC(=O)NCCCC[C@H]2NC(=O)[C@H](C(C)C)NC(=O)[C@@H](CCCN=C(N)N)NC(=O)CNC(=O)[C@@H](CC=O)NC2=O)NC(=O)c2ccc(NN=Cc3ccccc3S)nc2)NC(=O)[C@H](C(C)C)NC(=O)[C@@H](CCCN=C(N)N)NC(=O)CNC1=O. The number of aldehydes is 1. The predicted octanol–water partition coefficient (Wildman–Crippen LogP) is -4.18. The molecular formula is C64H98N22O14S. The molecule has 4 rings (SSSR count). The first-order chi connectivity index (χ1) is 48.1. The van der Waals surface area contributed by atoms with Crippen molar-refractivity contribution in [2.75, 3.05) is 44.7 Å². The summed E-state index contributed by atoms with van der Waals surface area (Å²) in [6.07, 6.45) is 3.50. The Morgan fingerprint density at radius 1 is 0.584 bits per heavy atom. The van der Waals surface area contributed by atoms with E-state index in [4.69, 9.17) is 22.9 Å². The molecule has 0 saturated carbocycles. The summed E-state index contributed by atoms with van der Waals surface area (Å²) < 4.78 is 0. The van der Waals surface area contributed by atoms with Gasteiger partial charge in [0.1, 0.15) is 66.5 Å². The number of anilines is 1.